The number of hydrogen-bond donors (Lipinski definition) is 1. The predicted octanol–water partition coefficient (Wildman–Crippen LogP) is 1.40. The fourth-order valence-electron chi connectivity index (χ4n) is 1.87. The van der Waals surface area contributed by atoms with Crippen LogP contribution in [-0.4, -0.2) is 42.4 Å². The van der Waals surface area contributed by atoms with Crippen molar-refractivity contribution in [3.8, 4) is 0 Å². The monoisotopic (exact) mass is 264 g/mol. The van der Waals surface area contributed by atoms with E-state index in [1.54, 1.807) is 6.92 Å². The normalized spacial score (nSPS) is 18.1. The molecule has 1 aliphatic carbocycles. The molecule has 1 rings (SSSR count). The van der Waals surface area contributed by atoms with E-state index in [4.69, 9.17) is 14.5 Å². The summed E-state index contributed by atoms with van der Waals surface area (Å²) in [6.07, 6.45) is 6.28. The van der Waals surface area contributed by atoms with Gasteiger partial charge in [-0.05, 0) is 0 Å². The average Bonchev–Trinajstić information content (AvgIpc) is 2.38. The zero-order chi connectivity index (χ0) is 14.3. The second kappa shape index (κ2) is 7.94. The van der Waals surface area contributed by atoms with E-state index in [0.717, 1.165) is 18.2 Å². The number of carbonyl (C=O) groups excluding carboxylic acids is 1. The molecule has 0 aliphatic heterocycles. The van der Waals surface area contributed by atoms with Gasteiger partial charge < -0.3 is 0 Å². The number of allylic oxidation sites excluding steroid dienone is 3. The molecule has 0 fully saturated rings. The molecule has 0 bridgehead atoms. The summed E-state index contributed by atoms with van der Waals surface area (Å²) in [6, 6.07) is 0. The molecule has 104 valence electrons. The van der Waals surface area contributed by atoms with Gasteiger partial charge in [0, 0.05) is 0 Å². The van der Waals surface area contributed by atoms with E-state index in [-0.39, 0.29) is 12.1 Å². The maximum absolute atomic E-state index is 11.8. The van der Waals surface area contributed by atoms with Gasteiger partial charge in [0.05, 0.1) is 0 Å². The molecule has 1 N–H and O–H groups in total. The molecule has 0 aromatic carbocycles. The van der Waals surface area contributed by atoms with Gasteiger partial charge in [-0.2, -0.15) is 0 Å². The van der Waals surface area contributed by atoms with Gasteiger partial charge in [-0.25, -0.2) is 0 Å². The SMILES string of the molecule is CCOC(=O)C(CC1=CC(=BO)CC=C1)OC(C)C. The Kier molecular flexibility index (Phi) is 6.57. The number of hydrogen-bond acceptors (Lipinski definition) is 4. The Balaban J connectivity index is 2.74. The van der Waals surface area contributed by atoms with Crippen LogP contribution in [0.25, 0.3) is 0 Å². The van der Waals surface area contributed by atoms with Crippen LogP contribution in [-0.2, 0) is 14.3 Å². The van der Waals surface area contributed by atoms with Crippen molar-refractivity contribution in [3.05, 3.63) is 23.8 Å². The Morgan fingerprint density at radius 3 is 2.84 bits per heavy atom. The van der Waals surface area contributed by atoms with Crippen molar-refractivity contribution in [3.63, 3.8) is 0 Å². The van der Waals surface area contributed by atoms with E-state index >= 15 is 0 Å². The van der Waals surface area contributed by atoms with E-state index in [1.807, 2.05) is 32.1 Å². The first-order valence-corrected chi connectivity index (χ1v) is 6.59. The van der Waals surface area contributed by atoms with E-state index in [9.17, 15) is 4.79 Å². The summed E-state index contributed by atoms with van der Waals surface area (Å²) >= 11 is 0. The van der Waals surface area contributed by atoms with E-state index in [2.05, 4.69) is 0 Å². The third-order valence-electron chi connectivity index (χ3n) is 2.63. The molecule has 0 spiro atoms. The van der Waals surface area contributed by atoms with Gasteiger partial charge in [0.25, 0.3) is 0 Å². The third kappa shape index (κ3) is 5.43. The van der Waals surface area contributed by atoms with Crippen molar-refractivity contribution in [2.24, 2.45) is 0 Å². The quantitative estimate of drug-likeness (QED) is 0.582. The molecule has 1 aliphatic rings. The third-order valence-corrected chi connectivity index (χ3v) is 2.63. The van der Waals surface area contributed by atoms with Crippen LogP contribution in [0.5, 0.6) is 0 Å². The molecule has 0 amide bonds. The second-order valence-electron chi connectivity index (χ2n) is 4.66. The summed E-state index contributed by atoms with van der Waals surface area (Å²) in [4.78, 5) is 11.8. The van der Waals surface area contributed by atoms with Gasteiger partial charge in [-0.3, -0.25) is 0 Å². The fraction of sp³-hybridized carbons (Fsp3) is 0.571. The molecule has 5 heteroatoms. The first-order valence-electron chi connectivity index (χ1n) is 6.59. The topological polar surface area (TPSA) is 55.8 Å². The van der Waals surface area contributed by atoms with Crippen molar-refractivity contribution >= 4 is 18.6 Å². The second-order valence-corrected chi connectivity index (χ2v) is 4.66. The predicted molar refractivity (Wildman–Crippen MR) is 76.1 cm³/mol. The fourth-order valence-corrected chi connectivity index (χ4v) is 1.87. The van der Waals surface area contributed by atoms with Crippen LogP contribution in [0.4, 0.5) is 0 Å². The molecule has 0 saturated heterocycles. The van der Waals surface area contributed by atoms with Crippen LogP contribution in [0.15, 0.2) is 23.8 Å². The van der Waals surface area contributed by atoms with Gasteiger partial charge in [0.1, 0.15) is 0 Å². The Bertz CT molecular complexity index is 396. The molecule has 1 atom stereocenters. The maximum atomic E-state index is 11.8. The van der Waals surface area contributed by atoms with Gasteiger partial charge in [-0.1, -0.05) is 0 Å². The zero-order valence-corrected chi connectivity index (χ0v) is 11.8. The molecule has 1 unspecified atom stereocenters. The van der Waals surface area contributed by atoms with Gasteiger partial charge in [-0.15, -0.1) is 0 Å². The van der Waals surface area contributed by atoms with Crippen molar-refractivity contribution in [2.45, 2.75) is 45.8 Å². The van der Waals surface area contributed by atoms with Crippen molar-refractivity contribution in [2.75, 3.05) is 6.61 Å². The Hall–Kier alpha value is -1.36. The van der Waals surface area contributed by atoms with Gasteiger partial charge in [0.15, 0.2) is 0 Å². The average molecular weight is 264 g/mol. The minimum absolute atomic E-state index is 0.0459. The van der Waals surface area contributed by atoms with Crippen molar-refractivity contribution in [1.29, 1.82) is 0 Å². The molecule has 4 nitrogen and oxygen atoms in total. The summed E-state index contributed by atoms with van der Waals surface area (Å²) in [5.41, 5.74) is 1.77. The van der Waals surface area contributed by atoms with Crippen LogP contribution in [0.2, 0.25) is 0 Å². The van der Waals surface area contributed by atoms with Gasteiger partial charge in [0.2, 0.25) is 0 Å². The first-order chi connectivity index (χ1) is 9.06. The van der Waals surface area contributed by atoms with Crippen LogP contribution < -0.4 is 0 Å². The summed E-state index contributed by atoms with van der Waals surface area (Å²) in [6.45, 7) is 5.89. The number of ether oxygens (including phenoxy) is 2. The molecule has 0 aromatic heterocycles. The summed E-state index contributed by atoms with van der Waals surface area (Å²) in [7, 11) is 1.09. The first kappa shape index (κ1) is 15.7. The minimum atomic E-state index is -0.603. The standard InChI is InChI=1S/C14H21BO4/c1-4-18-14(16)13(19-10(2)3)9-11-6-5-7-12(8-11)15-17/h5-6,8,10,13,17H,4,7,9H2,1-3H3. The Morgan fingerprint density at radius 1 is 1.53 bits per heavy atom. The van der Waals surface area contributed by atoms with Crippen molar-refractivity contribution < 1.29 is 19.3 Å². The zero-order valence-electron chi connectivity index (χ0n) is 11.8. The van der Waals surface area contributed by atoms with Crippen LogP contribution in [0, 0.1) is 0 Å². The molecule has 0 aromatic rings. The number of rotatable bonds is 6. The number of esters is 1. The summed E-state index contributed by atoms with van der Waals surface area (Å²) < 4.78 is 10.6. The molecule has 0 heterocycles. The van der Waals surface area contributed by atoms with E-state index < -0.39 is 6.10 Å². The van der Waals surface area contributed by atoms with E-state index in [0.29, 0.717) is 19.4 Å². The number of carbonyl (C=O) groups is 1. The molecular formula is C14H21BO4. The molecule has 19 heavy (non-hydrogen) atoms. The van der Waals surface area contributed by atoms with Crippen LogP contribution >= 0.6 is 0 Å². The molecule has 0 saturated carbocycles. The molecular weight excluding hydrogens is 243 g/mol. The molecule has 0 radical (unpaired) electrons. The van der Waals surface area contributed by atoms with Gasteiger partial charge >= 0.3 is 114 Å². The summed E-state index contributed by atoms with van der Waals surface area (Å²) in [5, 5.41) is 9.02. The van der Waals surface area contributed by atoms with Crippen LogP contribution in [0.3, 0.4) is 0 Å². The van der Waals surface area contributed by atoms with E-state index in [1.165, 1.54) is 0 Å². The Labute approximate surface area is 115 Å². The summed E-state index contributed by atoms with van der Waals surface area (Å²) in [5.74, 6) is -0.342. The van der Waals surface area contributed by atoms with Crippen molar-refractivity contribution in [1.82, 2.24) is 0 Å². The van der Waals surface area contributed by atoms with Crippen LogP contribution in [0.1, 0.15) is 33.6 Å². The Morgan fingerprint density at radius 2 is 2.26 bits per heavy atom.